The van der Waals surface area contributed by atoms with Crippen LogP contribution in [0.15, 0.2) is 12.1 Å². The molecule has 3 rings (SSSR count). The lowest BCUT2D eigenvalue weighted by Gasteiger charge is -2.31. The van der Waals surface area contributed by atoms with Crippen LogP contribution in [-0.2, 0) is 14.3 Å². The fourth-order valence-corrected chi connectivity index (χ4v) is 4.13. The molecule has 5 unspecified atom stereocenters. The first-order chi connectivity index (χ1) is 10.8. The Morgan fingerprint density at radius 2 is 2.13 bits per heavy atom. The second-order valence-electron chi connectivity index (χ2n) is 6.24. The van der Waals surface area contributed by atoms with Crippen molar-refractivity contribution in [3.8, 4) is 11.5 Å². The van der Waals surface area contributed by atoms with E-state index < -0.39 is 36.0 Å². The van der Waals surface area contributed by atoms with E-state index in [1.54, 1.807) is 6.92 Å². The number of hydrogen-bond donors (Lipinski definition) is 2. The van der Waals surface area contributed by atoms with Gasteiger partial charge in [0.05, 0.1) is 9.67 Å². The molecule has 0 radical (unpaired) electrons. The summed E-state index contributed by atoms with van der Waals surface area (Å²) in [6.07, 6.45) is -0.820. The van der Waals surface area contributed by atoms with E-state index in [1.807, 2.05) is 29.5 Å². The van der Waals surface area contributed by atoms with Crippen molar-refractivity contribution in [3.63, 3.8) is 0 Å². The molecular weight excluding hydrogens is 415 g/mol. The van der Waals surface area contributed by atoms with Crippen LogP contribution in [0, 0.1) is 28.2 Å². The summed E-state index contributed by atoms with van der Waals surface area (Å²) in [4.78, 5) is 24.5. The molecule has 23 heavy (non-hydrogen) atoms. The molecule has 6 nitrogen and oxygen atoms in total. The van der Waals surface area contributed by atoms with Crippen LogP contribution < -0.4 is 4.74 Å². The van der Waals surface area contributed by atoms with Gasteiger partial charge in [-0.2, -0.15) is 0 Å². The molecule has 2 aliphatic rings. The quantitative estimate of drug-likeness (QED) is 0.320. The number of fused-ring (bicyclic) bond motifs is 2. The molecule has 5 atom stereocenters. The summed E-state index contributed by atoms with van der Waals surface area (Å²) in [7, 11) is 0. The smallest absolute Gasteiger partial charge is 0.326 e. The molecule has 1 saturated carbocycles. The van der Waals surface area contributed by atoms with Gasteiger partial charge in [0.2, 0.25) is 0 Å². The predicted octanol–water partition coefficient (Wildman–Crippen LogP) is 1.77. The monoisotopic (exact) mass is 432 g/mol. The van der Waals surface area contributed by atoms with E-state index >= 15 is 0 Å². The van der Waals surface area contributed by atoms with Crippen LogP contribution in [0.5, 0.6) is 11.5 Å². The number of ether oxygens (including phenoxy) is 2. The van der Waals surface area contributed by atoms with Gasteiger partial charge in [0.1, 0.15) is 17.6 Å². The number of aliphatic hydroxyl groups excluding tert-OH is 1. The van der Waals surface area contributed by atoms with Crippen LogP contribution in [0.2, 0.25) is 0 Å². The summed E-state index contributed by atoms with van der Waals surface area (Å²) in [5, 5.41) is 19.9. The summed E-state index contributed by atoms with van der Waals surface area (Å²) in [6, 6.07) is 3.05. The fraction of sp³-hybridized carbons (Fsp3) is 0.500. The van der Waals surface area contributed by atoms with E-state index in [9.17, 15) is 19.8 Å². The minimum atomic E-state index is -1.11. The molecule has 2 bridgehead atoms. The number of halogens is 1. The zero-order chi connectivity index (χ0) is 16.9. The summed E-state index contributed by atoms with van der Waals surface area (Å²) < 4.78 is 11.1. The van der Waals surface area contributed by atoms with Gasteiger partial charge in [-0.05, 0) is 59.5 Å². The topological polar surface area (TPSA) is 93.1 Å². The molecule has 1 heterocycles. The Hall–Kier alpha value is -1.35. The predicted molar refractivity (Wildman–Crippen MR) is 87.8 cm³/mol. The van der Waals surface area contributed by atoms with Gasteiger partial charge in [-0.25, -0.2) is 0 Å². The third-order valence-electron chi connectivity index (χ3n) is 4.61. The number of benzene rings is 1. The van der Waals surface area contributed by atoms with Gasteiger partial charge in [0, 0.05) is 5.92 Å². The second kappa shape index (κ2) is 5.94. The molecule has 1 aliphatic carbocycles. The summed E-state index contributed by atoms with van der Waals surface area (Å²) in [6.45, 7) is 3.58. The van der Waals surface area contributed by atoms with E-state index in [2.05, 4.69) is 0 Å². The first kappa shape index (κ1) is 16.5. The van der Waals surface area contributed by atoms with Gasteiger partial charge in [-0.1, -0.05) is 6.92 Å². The number of esters is 2. The molecule has 1 aliphatic heterocycles. The fourth-order valence-electron chi connectivity index (χ4n) is 3.40. The van der Waals surface area contributed by atoms with Crippen molar-refractivity contribution in [3.05, 3.63) is 21.3 Å². The molecule has 2 N–H and O–H groups in total. The normalized spacial score (nSPS) is 32.5. The number of phenolic OH excluding ortho intramolecular Hbond substituents is 1. The molecular formula is C16H17IO6. The third-order valence-corrected chi connectivity index (χ3v) is 5.44. The van der Waals surface area contributed by atoms with E-state index in [1.165, 1.54) is 12.1 Å². The van der Waals surface area contributed by atoms with Crippen molar-refractivity contribution in [2.24, 2.45) is 17.8 Å². The Balaban J connectivity index is 1.82. The molecule has 7 heteroatoms. The van der Waals surface area contributed by atoms with Crippen LogP contribution in [0.1, 0.15) is 18.9 Å². The number of carbonyl (C=O) groups excluding carboxylic acids is 2. The van der Waals surface area contributed by atoms with Crippen LogP contribution in [0.3, 0.4) is 0 Å². The number of aromatic hydroxyl groups is 1. The van der Waals surface area contributed by atoms with Crippen LogP contribution in [0.25, 0.3) is 0 Å². The van der Waals surface area contributed by atoms with E-state index in [0.29, 0.717) is 15.6 Å². The highest BCUT2D eigenvalue weighted by atomic mass is 127. The number of carbonyl (C=O) groups is 2. The molecule has 2 fully saturated rings. The molecule has 1 saturated heterocycles. The van der Waals surface area contributed by atoms with Crippen molar-refractivity contribution < 1.29 is 29.3 Å². The minimum absolute atomic E-state index is 0.0219. The van der Waals surface area contributed by atoms with Crippen molar-refractivity contribution in [2.75, 3.05) is 0 Å². The standard InChI is InChI=1S/C16H17IO6/c1-6-3-8(5-10(17)12(6)18)22-15(20)11-9-4-7(2)14(13(9)19)23-16(11)21/h3,5,7,9,11,13-14,18-19H,4H2,1-2H3. The Bertz CT molecular complexity index is 650. The number of aryl methyl sites for hydroxylation is 1. The highest BCUT2D eigenvalue weighted by molar-refractivity contribution is 14.1. The lowest BCUT2D eigenvalue weighted by molar-refractivity contribution is -0.180. The number of hydrogen-bond acceptors (Lipinski definition) is 6. The summed E-state index contributed by atoms with van der Waals surface area (Å²) >= 11 is 1.93. The van der Waals surface area contributed by atoms with E-state index in [4.69, 9.17) is 9.47 Å². The maximum Gasteiger partial charge on any atom is 0.326 e. The van der Waals surface area contributed by atoms with Crippen molar-refractivity contribution >= 4 is 34.5 Å². The average Bonchev–Trinajstić information content (AvgIpc) is 2.65. The number of aliphatic hydroxyl groups is 1. The van der Waals surface area contributed by atoms with Crippen LogP contribution >= 0.6 is 22.6 Å². The van der Waals surface area contributed by atoms with Gasteiger partial charge in [0.15, 0.2) is 5.92 Å². The van der Waals surface area contributed by atoms with Crippen LogP contribution in [-0.4, -0.2) is 34.4 Å². The molecule has 0 spiro atoms. The summed E-state index contributed by atoms with van der Waals surface area (Å²) in [5.74, 6) is -2.54. The lowest BCUT2D eigenvalue weighted by atomic mass is 9.87. The van der Waals surface area contributed by atoms with Gasteiger partial charge in [-0.3, -0.25) is 9.59 Å². The van der Waals surface area contributed by atoms with Gasteiger partial charge < -0.3 is 19.7 Å². The third kappa shape index (κ3) is 2.80. The molecule has 1 aromatic rings. The molecule has 1 aromatic carbocycles. The highest BCUT2D eigenvalue weighted by Crippen LogP contribution is 2.43. The van der Waals surface area contributed by atoms with Gasteiger partial charge in [-0.15, -0.1) is 0 Å². The summed E-state index contributed by atoms with van der Waals surface area (Å²) in [5.41, 5.74) is 0.570. The van der Waals surface area contributed by atoms with Crippen molar-refractivity contribution in [2.45, 2.75) is 32.5 Å². The van der Waals surface area contributed by atoms with Crippen molar-refractivity contribution in [1.29, 1.82) is 0 Å². The van der Waals surface area contributed by atoms with Crippen LogP contribution in [0.4, 0.5) is 0 Å². The first-order valence-corrected chi connectivity index (χ1v) is 8.47. The van der Waals surface area contributed by atoms with Gasteiger partial charge in [0.25, 0.3) is 0 Å². The van der Waals surface area contributed by atoms with Crippen molar-refractivity contribution in [1.82, 2.24) is 0 Å². The molecule has 0 amide bonds. The molecule has 0 aromatic heterocycles. The Labute approximate surface area is 146 Å². The maximum atomic E-state index is 12.4. The van der Waals surface area contributed by atoms with E-state index in [0.717, 1.165) is 0 Å². The second-order valence-corrected chi connectivity index (χ2v) is 7.40. The minimum Gasteiger partial charge on any atom is -0.507 e. The highest BCUT2D eigenvalue weighted by Gasteiger charge is 2.56. The number of phenols is 1. The maximum absolute atomic E-state index is 12.4. The zero-order valence-corrected chi connectivity index (χ0v) is 14.8. The lowest BCUT2D eigenvalue weighted by Crippen LogP contribution is -2.48. The zero-order valence-electron chi connectivity index (χ0n) is 12.7. The van der Waals surface area contributed by atoms with Gasteiger partial charge >= 0.3 is 11.9 Å². The van der Waals surface area contributed by atoms with E-state index in [-0.39, 0.29) is 17.4 Å². The largest absolute Gasteiger partial charge is 0.507 e. The average molecular weight is 432 g/mol. The first-order valence-electron chi connectivity index (χ1n) is 7.39. The SMILES string of the molecule is Cc1cc(OC(=O)C2C(=O)OC3C(C)CC2C3O)cc(I)c1O. The molecule has 124 valence electrons. The Kier molecular flexibility index (Phi) is 4.26. The Morgan fingerprint density at radius 3 is 2.78 bits per heavy atom. The Morgan fingerprint density at radius 1 is 1.43 bits per heavy atom. The number of rotatable bonds is 2.